The minimum atomic E-state index is -0.380. The van der Waals surface area contributed by atoms with E-state index in [1.807, 2.05) is 24.3 Å². The molecule has 0 spiro atoms. The minimum Gasteiger partial charge on any atom is -0.497 e. The van der Waals surface area contributed by atoms with Crippen molar-refractivity contribution in [2.75, 3.05) is 12.8 Å². The van der Waals surface area contributed by atoms with E-state index >= 15 is 0 Å². The fourth-order valence-electron chi connectivity index (χ4n) is 1.55. The zero-order valence-electron chi connectivity index (χ0n) is 10.3. The summed E-state index contributed by atoms with van der Waals surface area (Å²) in [7, 11) is 1.63. The zero-order valence-corrected chi connectivity index (χ0v) is 12.7. The van der Waals surface area contributed by atoms with E-state index in [1.54, 1.807) is 24.9 Å². The fourth-order valence-corrected chi connectivity index (χ4v) is 3.03. The number of thioether (sulfide) groups is 1. The second kappa shape index (κ2) is 6.30. The van der Waals surface area contributed by atoms with Crippen molar-refractivity contribution in [2.24, 2.45) is 0 Å². The highest BCUT2D eigenvalue weighted by Gasteiger charge is 2.05. The van der Waals surface area contributed by atoms with Gasteiger partial charge in [0.15, 0.2) is 0 Å². The number of methoxy groups -OCH3 is 1. The van der Waals surface area contributed by atoms with Crippen molar-refractivity contribution in [1.82, 2.24) is 0 Å². The Morgan fingerprint density at radius 3 is 2.74 bits per heavy atom. The number of benzene rings is 2. The van der Waals surface area contributed by atoms with Crippen molar-refractivity contribution >= 4 is 33.4 Å². The van der Waals surface area contributed by atoms with Crippen LogP contribution in [0, 0.1) is 5.82 Å². The maximum Gasteiger partial charge on any atom is 0.147 e. The van der Waals surface area contributed by atoms with Gasteiger partial charge in [-0.05, 0) is 42.0 Å². The molecule has 0 aromatic heterocycles. The van der Waals surface area contributed by atoms with Gasteiger partial charge in [0.2, 0.25) is 0 Å². The Hall–Kier alpha value is -1.20. The fraction of sp³-hybridized carbons (Fsp3) is 0.143. The number of anilines is 1. The van der Waals surface area contributed by atoms with E-state index in [0.29, 0.717) is 0 Å². The molecule has 0 aliphatic heterocycles. The normalized spacial score (nSPS) is 10.5. The Morgan fingerprint density at radius 2 is 2.05 bits per heavy atom. The third-order valence-electron chi connectivity index (χ3n) is 2.62. The maximum atomic E-state index is 13.3. The number of nitrogen functional groups attached to an aromatic ring is 1. The Morgan fingerprint density at radius 1 is 1.26 bits per heavy atom. The summed E-state index contributed by atoms with van der Waals surface area (Å²) in [4.78, 5) is 0.849. The predicted octanol–water partition coefficient (Wildman–Crippen LogP) is 4.47. The zero-order chi connectivity index (χ0) is 13.8. The molecule has 5 heteroatoms. The number of hydrogen-bond acceptors (Lipinski definition) is 3. The van der Waals surface area contributed by atoms with E-state index in [4.69, 9.17) is 10.5 Å². The highest BCUT2D eigenvalue weighted by Crippen LogP contribution is 2.30. The third-order valence-corrected chi connectivity index (χ3v) is 4.44. The van der Waals surface area contributed by atoms with Crippen LogP contribution in [0.2, 0.25) is 0 Å². The molecule has 2 nitrogen and oxygen atoms in total. The van der Waals surface area contributed by atoms with Crippen LogP contribution in [-0.2, 0) is 5.75 Å². The van der Waals surface area contributed by atoms with Crippen LogP contribution in [0.25, 0.3) is 0 Å². The van der Waals surface area contributed by atoms with Gasteiger partial charge in [-0.1, -0.05) is 15.9 Å². The molecule has 0 atom stereocenters. The Bertz CT molecular complexity index is 592. The van der Waals surface area contributed by atoms with E-state index < -0.39 is 0 Å². The van der Waals surface area contributed by atoms with Gasteiger partial charge in [-0.15, -0.1) is 11.8 Å². The van der Waals surface area contributed by atoms with Crippen LogP contribution < -0.4 is 10.5 Å². The standard InChI is InChI=1S/C14H13BrFNOS/c1-18-10-2-4-12(15)9(6-10)8-19-11-3-5-14(17)13(16)7-11/h2-7H,8,17H2,1H3. The van der Waals surface area contributed by atoms with E-state index in [-0.39, 0.29) is 11.5 Å². The summed E-state index contributed by atoms with van der Waals surface area (Å²) in [5.41, 5.74) is 6.72. The van der Waals surface area contributed by atoms with Gasteiger partial charge < -0.3 is 10.5 Å². The molecule has 100 valence electrons. The molecule has 0 unspecified atom stereocenters. The lowest BCUT2D eigenvalue weighted by molar-refractivity contribution is 0.414. The van der Waals surface area contributed by atoms with Crippen molar-refractivity contribution in [1.29, 1.82) is 0 Å². The quantitative estimate of drug-likeness (QED) is 0.658. The minimum absolute atomic E-state index is 0.173. The lowest BCUT2D eigenvalue weighted by Crippen LogP contribution is -1.91. The Labute approximate surface area is 124 Å². The van der Waals surface area contributed by atoms with Crippen LogP contribution in [-0.4, -0.2) is 7.11 Å². The average Bonchev–Trinajstić information content (AvgIpc) is 2.41. The van der Waals surface area contributed by atoms with Crippen LogP contribution in [0.4, 0.5) is 10.1 Å². The maximum absolute atomic E-state index is 13.3. The average molecular weight is 342 g/mol. The molecule has 2 aromatic carbocycles. The van der Waals surface area contributed by atoms with Crippen molar-refractivity contribution < 1.29 is 9.13 Å². The van der Waals surface area contributed by atoms with Crippen LogP contribution >= 0.6 is 27.7 Å². The largest absolute Gasteiger partial charge is 0.497 e. The smallest absolute Gasteiger partial charge is 0.147 e. The summed E-state index contributed by atoms with van der Waals surface area (Å²) in [6.45, 7) is 0. The number of ether oxygens (including phenoxy) is 1. The van der Waals surface area contributed by atoms with Gasteiger partial charge in [0, 0.05) is 15.1 Å². The summed E-state index contributed by atoms with van der Waals surface area (Å²) in [6.07, 6.45) is 0. The monoisotopic (exact) mass is 341 g/mol. The van der Waals surface area contributed by atoms with Crippen molar-refractivity contribution in [3.8, 4) is 5.75 Å². The third kappa shape index (κ3) is 3.64. The molecular weight excluding hydrogens is 329 g/mol. The summed E-state index contributed by atoms with van der Waals surface area (Å²) in [6, 6.07) is 10.6. The van der Waals surface area contributed by atoms with Crippen molar-refractivity contribution in [3.63, 3.8) is 0 Å². The second-order valence-electron chi connectivity index (χ2n) is 3.93. The van der Waals surface area contributed by atoms with E-state index in [9.17, 15) is 4.39 Å². The van der Waals surface area contributed by atoms with Crippen molar-refractivity contribution in [3.05, 3.63) is 52.3 Å². The number of nitrogens with two attached hydrogens (primary N) is 1. The summed E-state index contributed by atoms with van der Waals surface area (Å²) < 4.78 is 19.5. The van der Waals surface area contributed by atoms with Crippen LogP contribution in [0.15, 0.2) is 45.8 Å². The van der Waals surface area contributed by atoms with Crippen LogP contribution in [0.5, 0.6) is 5.75 Å². The number of rotatable bonds is 4. The molecule has 2 N–H and O–H groups in total. The van der Waals surface area contributed by atoms with E-state index in [0.717, 1.165) is 26.4 Å². The number of halogens is 2. The molecule has 2 aromatic rings. The first-order valence-corrected chi connectivity index (χ1v) is 7.38. The summed E-state index contributed by atoms with van der Waals surface area (Å²) in [5, 5.41) is 0. The molecule has 0 bridgehead atoms. The van der Waals surface area contributed by atoms with Gasteiger partial charge >= 0.3 is 0 Å². The first kappa shape index (κ1) is 14.2. The summed E-state index contributed by atoms with van der Waals surface area (Å²) >= 11 is 5.04. The molecule has 19 heavy (non-hydrogen) atoms. The molecule has 0 heterocycles. The first-order valence-electron chi connectivity index (χ1n) is 5.60. The van der Waals surface area contributed by atoms with E-state index in [2.05, 4.69) is 15.9 Å². The van der Waals surface area contributed by atoms with Crippen LogP contribution in [0.1, 0.15) is 5.56 Å². The Kier molecular flexibility index (Phi) is 4.71. The van der Waals surface area contributed by atoms with Gasteiger partial charge in [0.1, 0.15) is 11.6 Å². The highest BCUT2D eigenvalue weighted by molar-refractivity contribution is 9.10. The molecule has 0 saturated carbocycles. The number of hydrogen-bond donors (Lipinski definition) is 1. The lowest BCUT2D eigenvalue weighted by Gasteiger charge is -2.08. The second-order valence-corrected chi connectivity index (χ2v) is 5.83. The van der Waals surface area contributed by atoms with Gasteiger partial charge in [0.05, 0.1) is 12.8 Å². The SMILES string of the molecule is COc1ccc(Br)c(CSc2ccc(N)c(F)c2)c1. The molecule has 2 rings (SSSR count). The summed E-state index contributed by atoms with van der Waals surface area (Å²) in [5.74, 6) is 1.15. The molecule has 0 fully saturated rings. The molecule has 0 radical (unpaired) electrons. The first-order chi connectivity index (χ1) is 9.10. The van der Waals surface area contributed by atoms with Crippen molar-refractivity contribution in [2.45, 2.75) is 10.6 Å². The van der Waals surface area contributed by atoms with E-state index in [1.165, 1.54) is 6.07 Å². The molecular formula is C14H13BrFNOS. The molecule has 0 saturated heterocycles. The topological polar surface area (TPSA) is 35.2 Å². The molecule has 0 aliphatic carbocycles. The van der Waals surface area contributed by atoms with Crippen LogP contribution in [0.3, 0.4) is 0 Å². The Balaban J connectivity index is 2.11. The lowest BCUT2D eigenvalue weighted by atomic mass is 10.2. The predicted molar refractivity (Wildman–Crippen MR) is 81.1 cm³/mol. The van der Waals surface area contributed by atoms with Gasteiger partial charge in [-0.25, -0.2) is 4.39 Å². The molecule has 0 aliphatic rings. The van der Waals surface area contributed by atoms with Gasteiger partial charge in [-0.2, -0.15) is 0 Å². The molecule has 0 amide bonds. The van der Waals surface area contributed by atoms with Gasteiger partial charge in [-0.3, -0.25) is 0 Å². The van der Waals surface area contributed by atoms with Gasteiger partial charge in [0.25, 0.3) is 0 Å². The highest BCUT2D eigenvalue weighted by atomic mass is 79.9.